The fourth-order valence-electron chi connectivity index (χ4n) is 2.26. The van der Waals surface area contributed by atoms with Crippen molar-refractivity contribution in [2.24, 2.45) is 0 Å². The lowest BCUT2D eigenvalue weighted by atomic mass is 10.1. The van der Waals surface area contributed by atoms with Crippen LogP contribution in [0, 0.1) is 0 Å². The Labute approximate surface area is 120 Å². The number of esters is 1. The van der Waals surface area contributed by atoms with Crippen molar-refractivity contribution in [3.05, 3.63) is 0 Å². The first-order valence-corrected chi connectivity index (χ1v) is 8.13. The van der Waals surface area contributed by atoms with Crippen LogP contribution in [0.2, 0.25) is 0 Å². The Kier molecular flexibility index (Phi) is 4.47. The van der Waals surface area contributed by atoms with Crippen LogP contribution in [0.5, 0.6) is 0 Å². The molecule has 2 saturated heterocycles. The van der Waals surface area contributed by atoms with Gasteiger partial charge in [-0.2, -0.15) is 17.5 Å². The maximum atomic E-state index is 12.3. The zero-order valence-electron chi connectivity index (χ0n) is 11.3. The highest BCUT2D eigenvalue weighted by Crippen LogP contribution is 2.23. The second-order valence-electron chi connectivity index (χ2n) is 5.03. The van der Waals surface area contributed by atoms with E-state index in [1.54, 1.807) is 4.90 Å². The second-order valence-corrected chi connectivity index (χ2v) is 7.01. The Morgan fingerprint density at radius 3 is 2.33 bits per heavy atom. The van der Waals surface area contributed by atoms with Gasteiger partial charge in [-0.15, -0.1) is 0 Å². The monoisotopic (exact) mass is 331 g/mol. The van der Waals surface area contributed by atoms with Crippen LogP contribution >= 0.6 is 0 Å². The molecule has 0 bridgehead atoms. The van der Waals surface area contributed by atoms with Gasteiger partial charge in [-0.3, -0.25) is 4.90 Å². The number of rotatable bonds is 3. The van der Waals surface area contributed by atoms with Gasteiger partial charge < -0.3 is 10.1 Å². The quantitative estimate of drug-likeness (QED) is 0.666. The van der Waals surface area contributed by atoms with E-state index in [1.807, 2.05) is 0 Å². The van der Waals surface area contributed by atoms with Crippen LogP contribution in [0.25, 0.3) is 0 Å². The molecule has 0 spiro atoms. The van der Waals surface area contributed by atoms with E-state index in [4.69, 9.17) is 0 Å². The van der Waals surface area contributed by atoms with Gasteiger partial charge >= 0.3 is 12.1 Å². The Morgan fingerprint density at radius 2 is 1.90 bits per heavy atom. The first-order valence-electron chi connectivity index (χ1n) is 6.28. The maximum Gasteiger partial charge on any atom is 0.490 e. The number of halogens is 3. The second kappa shape index (κ2) is 5.71. The predicted octanol–water partition coefficient (Wildman–Crippen LogP) is -1.03. The van der Waals surface area contributed by atoms with Crippen LogP contribution in [0.15, 0.2) is 0 Å². The van der Waals surface area contributed by atoms with E-state index < -0.39 is 28.4 Å². The van der Waals surface area contributed by atoms with Crippen LogP contribution in [-0.2, 0) is 19.6 Å². The summed E-state index contributed by atoms with van der Waals surface area (Å²) in [5.74, 6) is -2.31. The van der Waals surface area contributed by atoms with E-state index in [0.717, 1.165) is 10.6 Å². The minimum absolute atomic E-state index is 0.0576. The summed E-state index contributed by atoms with van der Waals surface area (Å²) in [5.41, 5.74) is 0. The van der Waals surface area contributed by atoms with Crippen LogP contribution in [0.3, 0.4) is 0 Å². The molecule has 0 amide bonds. The van der Waals surface area contributed by atoms with E-state index in [9.17, 15) is 26.4 Å². The zero-order chi connectivity index (χ0) is 15.8. The van der Waals surface area contributed by atoms with Gasteiger partial charge in [0.2, 0.25) is 10.0 Å². The molecule has 2 heterocycles. The van der Waals surface area contributed by atoms with Crippen LogP contribution in [-0.4, -0.2) is 81.0 Å². The summed E-state index contributed by atoms with van der Waals surface area (Å²) in [4.78, 5) is 12.6. The minimum atomic E-state index is -5.10. The average molecular weight is 331 g/mol. The first-order chi connectivity index (χ1) is 9.59. The molecule has 21 heavy (non-hydrogen) atoms. The largest absolute Gasteiger partial charge is 0.490 e. The van der Waals surface area contributed by atoms with E-state index in [1.165, 1.54) is 0 Å². The van der Waals surface area contributed by atoms with Crippen molar-refractivity contribution in [3.8, 4) is 0 Å². The summed E-state index contributed by atoms with van der Waals surface area (Å²) in [6.07, 6.45) is -5.36. The summed E-state index contributed by atoms with van der Waals surface area (Å²) in [7, 11) is -3.55. The molecular weight excluding hydrogens is 315 g/mol. The van der Waals surface area contributed by atoms with E-state index in [-0.39, 0.29) is 25.7 Å². The van der Waals surface area contributed by atoms with Gasteiger partial charge in [-0.1, -0.05) is 0 Å². The molecule has 1 unspecified atom stereocenters. The third kappa shape index (κ3) is 3.84. The van der Waals surface area contributed by atoms with Crippen molar-refractivity contribution < 1.29 is 31.1 Å². The number of hydrogen-bond acceptors (Lipinski definition) is 6. The molecule has 2 rings (SSSR count). The van der Waals surface area contributed by atoms with Gasteiger partial charge in [0.1, 0.15) is 0 Å². The van der Waals surface area contributed by atoms with Gasteiger partial charge in [0, 0.05) is 32.2 Å². The molecule has 7 nitrogen and oxygen atoms in total. The lowest BCUT2D eigenvalue weighted by Gasteiger charge is -2.46. The van der Waals surface area contributed by atoms with Crippen molar-refractivity contribution >= 4 is 16.0 Å². The molecule has 2 aliphatic heterocycles. The number of nitrogens with one attached hydrogen (secondary N) is 1. The molecule has 122 valence electrons. The number of carbonyl (C=O) groups excluding carboxylic acids is 1. The molecule has 0 aromatic heterocycles. The summed E-state index contributed by atoms with van der Waals surface area (Å²) < 4.78 is 65.5. The number of carbonyl (C=O) groups is 1. The van der Waals surface area contributed by atoms with Gasteiger partial charge in [-0.25, -0.2) is 13.2 Å². The molecule has 0 aromatic rings. The molecule has 2 fully saturated rings. The summed E-state index contributed by atoms with van der Waals surface area (Å²) in [6, 6.07) is -0.0576. The van der Waals surface area contributed by atoms with Crippen molar-refractivity contribution in [1.82, 2.24) is 14.5 Å². The van der Waals surface area contributed by atoms with Gasteiger partial charge in [0.25, 0.3) is 0 Å². The van der Waals surface area contributed by atoms with Crippen molar-refractivity contribution in [3.63, 3.8) is 0 Å². The summed E-state index contributed by atoms with van der Waals surface area (Å²) in [5, 5.41) is 2.97. The molecule has 11 heteroatoms. The number of nitrogens with zero attached hydrogens (tertiary/aromatic N) is 2. The maximum absolute atomic E-state index is 12.3. The van der Waals surface area contributed by atoms with Gasteiger partial charge in [0.15, 0.2) is 6.23 Å². The highest BCUT2D eigenvalue weighted by Gasteiger charge is 2.46. The molecular formula is C10H16F3N3O4S. The fourth-order valence-corrected chi connectivity index (χ4v) is 3.08. The molecule has 1 atom stereocenters. The molecule has 0 radical (unpaired) electrons. The normalized spacial score (nSPS) is 26.4. The Bertz CT molecular complexity index is 506. The van der Waals surface area contributed by atoms with Crippen LogP contribution < -0.4 is 5.32 Å². The van der Waals surface area contributed by atoms with Gasteiger partial charge in [-0.05, 0) is 0 Å². The summed E-state index contributed by atoms with van der Waals surface area (Å²) in [6.45, 7) is 1.22. The SMILES string of the molecule is CS(=O)(=O)N1CCN(C2CNC2)C(OC(=O)C(F)(F)F)C1. The minimum Gasteiger partial charge on any atom is -0.438 e. The van der Waals surface area contributed by atoms with Crippen molar-refractivity contribution in [1.29, 1.82) is 0 Å². The smallest absolute Gasteiger partial charge is 0.438 e. The molecule has 0 saturated carbocycles. The van der Waals surface area contributed by atoms with E-state index >= 15 is 0 Å². The van der Waals surface area contributed by atoms with Crippen LogP contribution in [0.4, 0.5) is 13.2 Å². The van der Waals surface area contributed by atoms with E-state index in [0.29, 0.717) is 13.1 Å². The fraction of sp³-hybridized carbons (Fsp3) is 0.900. The topological polar surface area (TPSA) is 79.0 Å². The number of ether oxygens (including phenoxy) is 1. The predicted molar refractivity (Wildman–Crippen MR) is 65.7 cm³/mol. The molecule has 0 aromatic carbocycles. The number of sulfonamides is 1. The van der Waals surface area contributed by atoms with Crippen molar-refractivity contribution in [2.45, 2.75) is 18.4 Å². The zero-order valence-corrected chi connectivity index (χ0v) is 12.1. The average Bonchev–Trinajstić information content (AvgIpc) is 2.26. The summed E-state index contributed by atoms with van der Waals surface area (Å²) >= 11 is 0. The molecule has 2 aliphatic rings. The Morgan fingerprint density at radius 1 is 1.29 bits per heavy atom. The lowest BCUT2D eigenvalue weighted by molar-refractivity contribution is -0.218. The Balaban J connectivity index is 2.11. The van der Waals surface area contributed by atoms with Crippen molar-refractivity contribution in [2.75, 3.05) is 39.0 Å². The number of hydrogen-bond donors (Lipinski definition) is 1. The number of alkyl halides is 3. The van der Waals surface area contributed by atoms with E-state index in [2.05, 4.69) is 10.1 Å². The highest BCUT2D eigenvalue weighted by atomic mass is 32.2. The first kappa shape index (κ1) is 16.5. The van der Waals surface area contributed by atoms with Crippen LogP contribution in [0.1, 0.15) is 0 Å². The third-order valence-corrected chi connectivity index (χ3v) is 4.78. The Hall–Kier alpha value is -0.910. The third-order valence-electron chi connectivity index (χ3n) is 3.51. The highest BCUT2D eigenvalue weighted by molar-refractivity contribution is 7.88. The molecule has 0 aliphatic carbocycles. The van der Waals surface area contributed by atoms with Gasteiger partial charge in [0.05, 0.1) is 12.8 Å². The number of piperazine rings is 1. The lowest BCUT2D eigenvalue weighted by Crippen LogP contribution is -2.66. The standard InChI is InChI=1S/C10H16F3N3O4S/c1-21(18,19)15-2-3-16(7-4-14-5-7)8(6-15)20-9(17)10(11,12)13/h7-8,14H,2-6H2,1H3. The molecule has 1 N–H and O–H groups in total.